The highest BCUT2D eigenvalue weighted by atomic mass is 16.7. The Bertz CT molecular complexity index is 1080. The summed E-state index contributed by atoms with van der Waals surface area (Å²) < 4.78 is 21.8. The van der Waals surface area contributed by atoms with Gasteiger partial charge >= 0.3 is 0 Å². The molecule has 1 aliphatic carbocycles. The lowest BCUT2D eigenvalue weighted by Gasteiger charge is -2.44. The molecule has 2 heterocycles. The van der Waals surface area contributed by atoms with Crippen molar-refractivity contribution in [2.24, 2.45) is 0 Å². The standard InChI is InChI=1S/C26H30N2O6/c1-31-20-11-9-18(13-22(20)32-2)25-26(30)27(19-6-4-3-5-7-19)15-24(29)28(25)14-17-8-10-21-23(12-17)34-16-33-21/h8-13,19,25H,3-7,14-16H2,1-2H3. The van der Waals surface area contributed by atoms with E-state index in [0.29, 0.717) is 35.1 Å². The summed E-state index contributed by atoms with van der Waals surface area (Å²) in [5.41, 5.74) is 1.58. The summed E-state index contributed by atoms with van der Waals surface area (Å²) >= 11 is 0. The Labute approximate surface area is 199 Å². The number of carbonyl (C=O) groups is 2. The number of ether oxygens (including phenoxy) is 4. The zero-order valence-electron chi connectivity index (χ0n) is 19.6. The summed E-state index contributed by atoms with van der Waals surface area (Å²) in [6.45, 7) is 0.584. The largest absolute Gasteiger partial charge is 0.493 e. The van der Waals surface area contributed by atoms with E-state index >= 15 is 0 Å². The van der Waals surface area contributed by atoms with Crippen LogP contribution in [0.4, 0.5) is 0 Å². The molecule has 0 aromatic heterocycles. The minimum atomic E-state index is -0.742. The van der Waals surface area contributed by atoms with Gasteiger partial charge < -0.3 is 28.7 Å². The van der Waals surface area contributed by atoms with E-state index in [-0.39, 0.29) is 31.2 Å². The summed E-state index contributed by atoms with van der Waals surface area (Å²) in [5.74, 6) is 2.33. The molecule has 1 unspecified atom stereocenters. The van der Waals surface area contributed by atoms with E-state index in [1.807, 2.05) is 24.3 Å². The number of piperazine rings is 1. The average Bonchev–Trinajstić information content (AvgIpc) is 3.34. The average molecular weight is 467 g/mol. The Balaban J connectivity index is 1.50. The number of rotatable bonds is 6. The third kappa shape index (κ3) is 4.13. The maximum Gasteiger partial charge on any atom is 0.250 e. The molecule has 1 atom stereocenters. The van der Waals surface area contributed by atoms with Crippen molar-refractivity contribution in [3.63, 3.8) is 0 Å². The van der Waals surface area contributed by atoms with Crippen LogP contribution in [-0.2, 0) is 16.1 Å². The van der Waals surface area contributed by atoms with Crippen molar-refractivity contribution in [2.45, 2.75) is 50.7 Å². The number of nitrogens with zero attached hydrogens (tertiary/aromatic N) is 2. The van der Waals surface area contributed by atoms with Crippen LogP contribution in [-0.4, -0.2) is 55.2 Å². The maximum atomic E-state index is 13.9. The van der Waals surface area contributed by atoms with Crippen LogP contribution in [0.25, 0.3) is 0 Å². The van der Waals surface area contributed by atoms with Crippen LogP contribution >= 0.6 is 0 Å². The van der Waals surface area contributed by atoms with Gasteiger partial charge in [0.15, 0.2) is 23.0 Å². The monoisotopic (exact) mass is 466 g/mol. The third-order valence-corrected chi connectivity index (χ3v) is 6.98. The van der Waals surface area contributed by atoms with Gasteiger partial charge in [-0.25, -0.2) is 0 Å². The quantitative estimate of drug-likeness (QED) is 0.647. The first-order valence-electron chi connectivity index (χ1n) is 11.8. The first-order chi connectivity index (χ1) is 16.6. The molecule has 0 bridgehead atoms. The van der Waals surface area contributed by atoms with Gasteiger partial charge in [0.2, 0.25) is 12.7 Å². The van der Waals surface area contributed by atoms with Crippen molar-refractivity contribution in [3.05, 3.63) is 47.5 Å². The van der Waals surface area contributed by atoms with Gasteiger partial charge in [-0.15, -0.1) is 0 Å². The number of benzene rings is 2. The predicted molar refractivity (Wildman–Crippen MR) is 124 cm³/mol. The molecule has 3 aliphatic rings. The molecule has 34 heavy (non-hydrogen) atoms. The van der Waals surface area contributed by atoms with Gasteiger partial charge in [-0.2, -0.15) is 0 Å². The summed E-state index contributed by atoms with van der Waals surface area (Å²) in [7, 11) is 3.14. The molecule has 0 N–H and O–H groups in total. The Morgan fingerprint density at radius 2 is 1.68 bits per heavy atom. The molecule has 2 aromatic carbocycles. The molecule has 1 saturated carbocycles. The number of hydrogen-bond acceptors (Lipinski definition) is 6. The lowest BCUT2D eigenvalue weighted by atomic mass is 9.91. The van der Waals surface area contributed by atoms with Crippen molar-refractivity contribution >= 4 is 11.8 Å². The second-order valence-corrected chi connectivity index (χ2v) is 8.98. The topological polar surface area (TPSA) is 77.5 Å². The van der Waals surface area contributed by atoms with Crippen molar-refractivity contribution < 1.29 is 28.5 Å². The van der Waals surface area contributed by atoms with Gasteiger partial charge in [-0.3, -0.25) is 9.59 Å². The van der Waals surface area contributed by atoms with E-state index < -0.39 is 6.04 Å². The molecule has 2 aliphatic heterocycles. The van der Waals surface area contributed by atoms with E-state index in [1.165, 1.54) is 6.42 Å². The van der Waals surface area contributed by atoms with Crippen molar-refractivity contribution in [1.29, 1.82) is 0 Å². The van der Waals surface area contributed by atoms with E-state index in [1.54, 1.807) is 36.2 Å². The van der Waals surface area contributed by atoms with E-state index in [4.69, 9.17) is 18.9 Å². The van der Waals surface area contributed by atoms with Crippen LogP contribution in [0.5, 0.6) is 23.0 Å². The molecule has 8 nitrogen and oxygen atoms in total. The second-order valence-electron chi connectivity index (χ2n) is 8.98. The van der Waals surface area contributed by atoms with Crippen LogP contribution in [0.2, 0.25) is 0 Å². The van der Waals surface area contributed by atoms with Gasteiger partial charge in [-0.05, 0) is 48.2 Å². The molecular formula is C26H30N2O6. The Hall–Kier alpha value is -3.42. The van der Waals surface area contributed by atoms with E-state index in [0.717, 1.165) is 31.2 Å². The van der Waals surface area contributed by atoms with Gasteiger partial charge in [0, 0.05) is 12.6 Å². The first-order valence-corrected chi connectivity index (χ1v) is 11.8. The Kier molecular flexibility index (Phi) is 6.22. The number of fused-ring (bicyclic) bond motifs is 1. The maximum absolute atomic E-state index is 13.9. The Morgan fingerprint density at radius 3 is 2.44 bits per heavy atom. The lowest BCUT2D eigenvalue weighted by Crippen LogP contribution is -2.58. The lowest BCUT2D eigenvalue weighted by molar-refractivity contribution is -0.160. The van der Waals surface area contributed by atoms with Crippen molar-refractivity contribution in [3.8, 4) is 23.0 Å². The smallest absolute Gasteiger partial charge is 0.250 e. The molecule has 2 amide bonds. The highest BCUT2D eigenvalue weighted by Gasteiger charge is 2.43. The van der Waals surface area contributed by atoms with Crippen molar-refractivity contribution in [2.75, 3.05) is 27.6 Å². The van der Waals surface area contributed by atoms with Gasteiger partial charge in [0.05, 0.1) is 14.2 Å². The SMILES string of the molecule is COc1ccc(C2C(=O)N(C3CCCCC3)CC(=O)N2Cc2ccc3c(c2)OCO3)cc1OC. The normalized spacial score (nSPS) is 20.6. The Morgan fingerprint density at radius 1 is 0.912 bits per heavy atom. The molecule has 8 heteroatoms. The van der Waals surface area contributed by atoms with Crippen LogP contribution in [0, 0.1) is 0 Å². The molecule has 0 spiro atoms. The van der Waals surface area contributed by atoms with Crippen molar-refractivity contribution in [1.82, 2.24) is 9.80 Å². The number of amides is 2. The predicted octanol–water partition coefficient (Wildman–Crippen LogP) is 3.68. The van der Waals surface area contributed by atoms with Gasteiger partial charge in [-0.1, -0.05) is 31.4 Å². The summed E-state index contributed by atoms with van der Waals surface area (Å²) in [4.78, 5) is 30.9. The molecule has 2 fully saturated rings. The van der Waals surface area contributed by atoms with Crippen LogP contribution in [0.1, 0.15) is 49.3 Å². The highest BCUT2D eigenvalue weighted by molar-refractivity contribution is 5.96. The van der Waals surface area contributed by atoms with Gasteiger partial charge in [0.25, 0.3) is 5.91 Å². The molecule has 0 radical (unpaired) electrons. The van der Waals surface area contributed by atoms with E-state index in [2.05, 4.69) is 0 Å². The minimum Gasteiger partial charge on any atom is -0.493 e. The number of carbonyl (C=O) groups excluding carboxylic acids is 2. The summed E-state index contributed by atoms with van der Waals surface area (Å²) in [5, 5.41) is 0. The number of methoxy groups -OCH3 is 2. The second kappa shape index (κ2) is 9.44. The van der Waals surface area contributed by atoms with Gasteiger partial charge in [0.1, 0.15) is 12.6 Å². The fourth-order valence-corrected chi connectivity index (χ4v) is 5.21. The minimum absolute atomic E-state index is 0.0422. The van der Waals surface area contributed by atoms with E-state index in [9.17, 15) is 9.59 Å². The molecule has 180 valence electrons. The zero-order valence-corrected chi connectivity index (χ0v) is 19.6. The molecule has 1 saturated heterocycles. The zero-order chi connectivity index (χ0) is 23.7. The first kappa shape index (κ1) is 22.4. The fourth-order valence-electron chi connectivity index (χ4n) is 5.21. The molecule has 5 rings (SSSR count). The summed E-state index contributed by atoms with van der Waals surface area (Å²) in [6.07, 6.45) is 5.25. The van der Waals surface area contributed by atoms with Crippen LogP contribution in [0.15, 0.2) is 36.4 Å². The van der Waals surface area contributed by atoms with Crippen LogP contribution in [0.3, 0.4) is 0 Å². The number of hydrogen-bond donors (Lipinski definition) is 0. The highest BCUT2D eigenvalue weighted by Crippen LogP contribution is 2.38. The van der Waals surface area contributed by atoms with Crippen LogP contribution < -0.4 is 18.9 Å². The third-order valence-electron chi connectivity index (χ3n) is 6.98. The molecular weight excluding hydrogens is 436 g/mol. The summed E-state index contributed by atoms with van der Waals surface area (Å²) in [6, 6.07) is 10.4. The fraction of sp³-hybridized carbons (Fsp3) is 0.462. The molecule has 2 aromatic rings.